The average molecular weight is 591 g/mol. The second-order valence-corrected chi connectivity index (χ2v) is 12.0. The number of nitriles is 1. The molecule has 0 spiro atoms. The second-order valence-electron chi connectivity index (χ2n) is 12.0. The van der Waals surface area contributed by atoms with Crippen molar-refractivity contribution >= 4 is 41.0 Å². The number of hydrogen-bond donors (Lipinski definition) is 3. The van der Waals surface area contributed by atoms with Crippen molar-refractivity contribution in [1.29, 1.82) is 5.26 Å². The molecule has 2 aromatic rings. The first-order valence-corrected chi connectivity index (χ1v) is 14.1. The minimum absolute atomic E-state index is 0.0272. The van der Waals surface area contributed by atoms with Crippen molar-refractivity contribution in [2.75, 3.05) is 16.8 Å². The zero-order valence-electron chi connectivity index (χ0n) is 24.8. The van der Waals surface area contributed by atoms with Gasteiger partial charge in [-0.05, 0) is 69.5 Å². The van der Waals surface area contributed by atoms with E-state index in [0.29, 0.717) is 11.4 Å². The summed E-state index contributed by atoms with van der Waals surface area (Å²) in [7, 11) is 0. The number of phenolic OH excluding ortho intramolecular Hbond substituents is 1. The van der Waals surface area contributed by atoms with E-state index in [-0.39, 0.29) is 49.9 Å². The largest absolute Gasteiger partial charge is 0.508 e. The molecule has 1 aliphatic rings. The molecule has 4 unspecified atom stereocenters. The van der Waals surface area contributed by atoms with Gasteiger partial charge in [0, 0.05) is 22.9 Å². The molecule has 0 radical (unpaired) electrons. The summed E-state index contributed by atoms with van der Waals surface area (Å²) >= 11 is 0. The van der Waals surface area contributed by atoms with Crippen molar-refractivity contribution in [3.63, 3.8) is 0 Å². The van der Waals surface area contributed by atoms with Gasteiger partial charge < -0.3 is 20.9 Å². The molecule has 43 heavy (non-hydrogen) atoms. The van der Waals surface area contributed by atoms with Crippen LogP contribution >= 0.6 is 0 Å². The zero-order valence-corrected chi connectivity index (χ0v) is 24.8. The number of benzene rings is 2. The van der Waals surface area contributed by atoms with Crippen LogP contribution in [0, 0.1) is 39.9 Å². The highest BCUT2D eigenvalue weighted by molar-refractivity contribution is 6.22. The number of nitrogens with zero attached hydrogens (tertiary/aromatic N) is 2. The lowest BCUT2D eigenvalue weighted by molar-refractivity contribution is -0.155. The molecule has 1 aliphatic heterocycles. The van der Waals surface area contributed by atoms with E-state index in [9.17, 15) is 34.3 Å². The average Bonchev–Trinajstić information content (AvgIpc) is 3.16. The van der Waals surface area contributed by atoms with E-state index in [1.54, 1.807) is 58.0 Å². The summed E-state index contributed by atoms with van der Waals surface area (Å²) in [5, 5.41) is 21.9. The first-order valence-electron chi connectivity index (χ1n) is 14.1. The van der Waals surface area contributed by atoms with Gasteiger partial charge in [-0.15, -0.1) is 0 Å². The molecule has 4 atom stereocenters. The number of aromatic hydroxyl groups is 1. The fourth-order valence-electron chi connectivity index (χ4n) is 5.34. The lowest BCUT2D eigenvalue weighted by Gasteiger charge is -2.33. The Morgan fingerprint density at radius 1 is 1.05 bits per heavy atom. The van der Waals surface area contributed by atoms with Gasteiger partial charge in [-0.3, -0.25) is 28.9 Å². The molecule has 1 fully saturated rings. The molecule has 4 N–H and O–H groups in total. The summed E-state index contributed by atoms with van der Waals surface area (Å²) in [5.74, 6) is -4.75. The van der Waals surface area contributed by atoms with Gasteiger partial charge in [0.15, 0.2) is 0 Å². The van der Waals surface area contributed by atoms with Crippen molar-refractivity contribution in [2.24, 2.45) is 34.3 Å². The van der Waals surface area contributed by atoms with E-state index in [1.165, 1.54) is 24.3 Å². The van der Waals surface area contributed by atoms with Crippen LogP contribution in [0.4, 0.5) is 11.4 Å². The smallest absolute Gasteiger partial charge is 0.311 e. The molecule has 1 heterocycles. The Bertz CT molecular complexity index is 1400. The summed E-state index contributed by atoms with van der Waals surface area (Å²) in [6, 6.07) is 16.6. The first kappa shape index (κ1) is 32.8. The number of nitrogens with two attached hydrogens (primary N) is 1. The van der Waals surface area contributed by atoms with Crippen LogP contribution in [0.5, 0.6) is 5.75 Å². The maximum absolute atomic E-state index is 13.4. The molecule has 0 saturated carbocycles. The number of carbonyl (C=O) groups is 5. The van der Waals surface area contributed by atoms with Crippen LogP contribution in [0.25, 0.3) is 0 Å². The molecular weight excluding hydrogens is 552 g/mol. The zero-order chi connectivity index (χ0) is 31.9. The Labute approximate surface area is 251 Å². The van der Waals surface area contributed by atoms with Gasteiger partial charge in [-0.2, -0.15) is 5.26 Å². The topological polar surface area (TPSA) is 180 Å². The third kappa shape index (κ3) is 7.97. The number of carbonyl (C=O) groups excluding carboxylic acids is 5. The number of ether oxygens (including phenoxy) is 1. The molecule has 1 saturated heterocycles. The maximum Gasteiger partial charge on any atom is 0.311 e. The van der Waals surface area contributed by atoms with Gasteiger partial charge in [-0.25, -0.2) is 0 Å². The first-order chi connectivity index (χ1) is 20.2. The van der Waals surface area contributed by atoms with Crippen LogP contribution in [0.15, 0.2) is 54.6 Å². The molecular formula is C32H38N4O7. The lowest BCUT2D eigenvalue weighted by atomic mass is 9.69. The van der Waals surface area contributed by atoms with Crippen molar-refractivity contribution in [3.05, 3.63) is 54.6 Å². The molecule has 11 heteroatoms. The molecule has 11 nitrogen and oxygen atoms in total. The predicted molar refractivity (Wildman–Crippen MR) is 158 cm³/mol. The number of rotatable bonds is 13. The van der Waals surface area contributed by atoms with Crippen LogP contribution < -0.4 is 16.0 Å². The van der Waals surface area contributed by atoms with Crippen molar-refractivity contribution in [2.45, 2.75) is 53.4 Å². The molecule has 2 aromatic carbocycles. The number of imide groups is 1. The van der Waals surface area contributed by atoms with Gasteiger partial charge in [0.1, 0.15) is 12.4 Å². The van der Waals surface area contributed by atoms with E-state index >= 15 is 0 Å². The maximum atomic E-state index is 13.4. The van der Waals surface area contributed by atoms with Gasteiger partial charge >= 0.3 is 5.97 Å². The Morgan fingerprint density at radius 3 is 2.26 bits per heavy atom. The molecule has 4 amide bonds. The van der Waals surface area contributed by atoms with Crippen LogP contribution in [0.1, 0.15) is 53.4 Å². The number of hydrogen-bond acceptors (Lipinski definition) is 8. The Kier molecular flexibility index (Phi) is 10.3. The highest BCUT2D eigenvalue weighted by atomic mass is 16.5. The minimum Gasteiger partial charge on any atom is -0.508 e. The monoisotopic (exact) mass is 590 g/mol. The summed E-state index contributed by atoms with van der Waals surface area (Å²) in [5.41, 5.74) is 4.28. The summed E-state index contributed by atoms with van der Waals surface area (Å²) < 4.78 is 5.33. The van der Waals surface area contributed by atoms with Crippen molar-refractivity contribution in [1.82, 2.24) is 0 Å². The Hall–Kier alpha value is -4.72. The van der Waals surface area contributed by atoms with Crippen LogP contribution in [-0.2, 0) is 28.7 Å². The van der Waals surface area contributed by atoms with E-state index in [2.05, 4.69) is 11.4 Å². The quantitative estimate of drug-likeness (QED) is 0.178. The van der Waals surface area contributed by atoms with E-state index in [1.807, 2.05) is 0 Å². The van der Waals surface area contributed by atoms with Crippen LogP contribution in [0.2, 0.25) is 0 Å². The van der Waals surface area contributed by atoms with Gasteiger partial charge in [0.2, 0.25) is 23.6 Å². The summed E-state index contributed by atoms with van der Waals surface area (Å²) in [6.45, 7) is 6.25. The van der Waals surface area contributed by atoms with Crippen molar-refractivity contribution in [3.8, 4) is 11.8 Å². The number of para-hydroxylation sites is 1. The highest BCUT2D eigenvalue weighted by Crippen LogP contribution is 2.43. The summed E-state index contributed by atoms with van der Waals surface area (Å²) in [4.78, 5) is 65.3. The van der Waals surface area contributed by atoms with Gasteiger partial charge in [0.05, 0.1) is 29.5 Å². The fourth-order valence-corrected chi connectivity index (χ4v) is 5.34. The van der Waals surface area contributed by atoms with Crippen molar-refractivity contribution < 1.29 is 33.8 Å². The molecule has 0 bridgehead atoms. The highest BCUT2D eigenvalue weighted by Gasteiger charge is 2.50. The van der Waals surface area contributed by atoms with Crippen LogP contribution in [0.3, 0.4) is 0 Å². The molecule has 3 rings (SSSR count). The molecule has 228 valence electrons. The fraction of sp³-hybridized carbons (Fsp3) is 0.438. The third-order valence-electron chi connectivity index (χ3n) is 7.93. The number of primary amides is 1. The van der Waals surface area contributed by atoms with Crippen LogP contribution in [-0.4, -0.2) is 41.3 Å². The Balaban J connectivity index is 1.61. The van der Waals surface area contributed by atoms with E-state index in [4.69, 9.17) is 10.5 Å². The Morgan fingerprint density at radius 2 is 1.67 bits per heavy atom. The predicted octanol–water partition coefficient (Wildman–Crippen LogP) is 3.92. The number of amides is 4. The second kappa shape index (κ2) is 13.5. The number of phenols is 1. The lowest BCUT2D eigenvalue weighted by Crippen LogP contribution is -2.41. The van der Waals surface area contributed by atoms with Gasteiger partial charge in [0.25, 0.3) is 0 Å². The molecule has 0 aliphatic carbocycles. The molecule has 0 aromatic heterocycles. The SMILES string of the molecule is CC1C(=O)N(c2ccccc2)C(=O)C1CC(C)(CC(C#N)CC(C)(C)C(=O)OCCC(=O)Nc1ccc(O)cc1)C(N)=O. The normalized spacial score (nSPS) is 18.8. The van der Waals surface area contributed by atoms with E-state index < -0.39 is 46.4 Å². The van der Waals surface area contributed by atoms with Gasteiger partial charge in [-0.1, -0.05) is 32.0 Å². The third-order valence-corrected chi connectivity index (χ3v) is 7.93. The number of nitrogens with one attached hydrogen (secondary N) is 1. The summed E-state index contributed by atoms with van der Waals surface area (Å²) in [6.07, 6.45) is -0.123. The number of esters is 1. The minimum atomic E-state index is -1.31. The van der Waals surface area contributed by atoms with E-state index in [0.717, 1.165) is 4.90 Å². The number of anilines is 2. The standard InChI is InChI=1S/C32H38N4O7/c1-20-25(28(40)36(27(20)39)23-8-6-5-7-9-23)18-32(4,29(34)41)17-21(19-33)16-31(2,3)30(42)43-15-14-26(38)35-22-10-12-24(37)13-11-22/h5-13,20-21,25,37H,14-18H2,1-4H3,(H2,34,41)(H,35,38).